The molecule has 8 aromatic carbocycles. The second-order valence-electron chi connectivity index (χ2n) is 14.1. The van der Waals surface area contributed by atoms with Crippen LogP contribution in [0.4, 0.5) is 0 Å². The van der Waals surface area contributed by atoms with Crippen molar-refractivity contribution in [1.29, 1.82) is 0 Å². The van der Waals surface area contributed by atoms with E-state index in [1.807, 2.05) is 18.2 Å². The lowest BCUT2D eigenvalue weighted by Crippen LogP contribution is -2.00. The average molecular weight is 730 g/mol. The Labute approximate surface area is 333 Å². The molecule has 0 fully saturated rings. The van der Waals surface area contributed by atoms with Crippen LogP contribution in [0.25, 0.3) is 72.0 Å². The number of hydrogen-bond donors (Lipinski definition) is 0. The Balaban J connectivity index is 1.09. The smallest absolute Gasteiger partial charge is 0.0722 e. The van der Waals surface area contributed by atoms with E-state index in [0.717, 1.165) is 56.0 Å². The van der Waals surface area contributed by atoms with Crippen LogP contribution in [0.2, 0.25) is 0 Å². The number of pyridine rings is 1. The maximum Gasteiger partial charge on any atom is 0.0722 e. The minimum atomic E-state index is 0.473. The number of fused-ring (bicyclic) bond motifs is 3. The highest BCUT2D eigenvalue weighted by atomic mass is 14.8. The zero-order valence-corrected chi connectivity index (χ0v) is 31.5. The molecule has 270 valence electrons. The Hall–Kier alpha value is -7.49. The minimum absolute atomic E-state index is 0.473. The van der Waals surface area contributed by atoms with Crippen molar-refractivity contribution < 1.29 is 0 Å². The number of aromatic nitrogens is 1. The molecule has 0 spiro atoms. The second-order valence-corrected chi connectivity index (χ2v) is 14.1. The number of nitrogens with zero attached hydrogens (tertiary/aromatic N) is 3. The molecule has 9 aromatic rings. The molecule has 9 rings (SSSR count). The van der Waals surface area contributed by atoms with E-state index in [9.17, 15) is 0 Å². The molecule has 0 aliphatic rings. The van der Waals surface area contributed by atoms with Crippen LogP contribution < -0.4 is 0 Å². The van der Waals surface area contributed by atoms with Gasteiger partial charge < -0.3 is 0 Å². The third-order valence-corrected chi connectivity index (χ3v) is 10.5. The number of hydrogen-bond acceptors (Lipinski definition) is 3. The summed E-state index contributed by atoms with van der Waals surface area (Å²) in [4.78, 5) is 15.0. The van der Waals surface area contributed by atoms with E-state index in [0.29, 0.717) is 6.54 Å². The van der Waals surface area contributed by atoms with Crippen LogP contribution in [-0.4, -0.2) is 17.4 Å². The van der Waals surface area contributed by atoms with Gasteiger partial charge in [0.05, 0.1) is 29.2 Å². The van der Waals surface area contributed by atoms with Crippen molar-refractivity contribution in [1.82, 2.24) is 4.98 Å². The van der Waals surface area contributed by atoms with Gasteiger partial charge in [-0.05, 0) is 86.3 Å². The number of allylic oxidation sites excluding steroid dienone is 1. The third-order valence-electron chi connectivity index (χ3n) is 10.5. The van der Waals surface area contributed by atoms with E-state index in [4.69, 9.17) is 9.98 Å². The molecule has 3 heteroatoms. The maximum atomic E-state index is 5.26. The van der Waals surface area contributed by atoms with Crippen molar-refractivity contribution in [3.63, 3.8) is 0 Å². The van der Waals surface area contributed by atoms with E-state index in [2.05, 4.69) is 206 Å². The normalized spacial score (nSPS) is 11.9. The van der Waals surface area contributed by atoms with Crippen LogP contribution in [0.15, 0.2) is 222 Å². The monoisotopic (exact) mass is 729 g/mol. The van der Waals surface area contributed by atoms with E-state index in [1.54, 1.807) is 0 Å². The van der Waals surface area contributed by atoms with Crippen LogP contribution in [0, 0.1) is 0 Å². The fraction of sp³-hybridized carbons (Fsp3) is 0.0185. The standard InChI is InChI=1S/C54H39N3/c1-55-51(45-28-24-41(25-29-45)39-15-5-2-6-16-39)36-52(46-30-26-42(27-31-46)40-17-7-3-8-18-40)56-37-38-14-13-22-47(34-38)53-35-49(43-19-9-4-10-20-43)54-48-23-12-11-21-44(48)32-33-50(54)57-53/h2-36H,1,37H2/b51-36-,56-52?. The van der Waals surface area contributed by atoms with Crippen LogP contribution in [0.1, 0.15) is 16.7 Å². The van der Waals surface area contributed by atoms with Crippen molar-refractivity contribution >= 4 is 39.8 Å². The van der Waals surface area contributed by atoms with E-state index in [1.165, 1.54) is 38.4 Å². The summed E-state index contributed by atoms with van der Waals surface area (Å²) in [6.45, 7) is 4.44. The molecule has 0 aliphatic heterocycles. The quantitative estimate of drug-likeness (QED) is 0.102. The summed E-state index contributed by atoms with van der Waals surface area (Å²) >= 11 is 0. The Bertz CT molecular complexity index is 2890. The zero-order chi connectivity index (χ0) is 38.4. The van der Waals surface area contributed by atoms with Gasteiger partial charge in [0.1, 0.15) is 0 Å². The molecule has 0 N–H and O–H groups in total. The van der Waals surface area contributed by atoms with E-state index >= 15 is 0 Å². The Morgan fingerprint density at radius 3 is 1.70 bits per heavy atom. The average Bonchev–Trinajstić information content (AvgIpc) is 3.30. The summed E-state index contributed by atoms with van der Waals surface area (Å²) in [6.07, 6.45) is 2.05. The van der Waals surface area contributed by atoms with Crippen LogP contribution >= 0.6 is 0 Å². The van der Waals surface area contributed by atoms with Crippen LogP contribution in [0.3, 0.4) is 0 Å². The Morgan fingerprint density at radius 1 is 0.491 bits per heavy atom. The van der Waals surface area contributed by atoms with Gasteiger partial charge in [0.2, 0.25) is 0 Å². The number of aliphatic imine (C=N–C) groups is 2. The predicted molar refractivity (Wildman–Crippen MR) is 242 cm³/mol. The lowest BCUT2D eigenvalue weighted by atomic mass is 9.94. The summed E-state index contributed by atoms with van der Waals surface area (Å²) in [5, 5.41) is 3.57. The van der Waals surface area contributed by atoms with Gasteiger partial charge in [-0.25, -0.2) is 4.98 Å². The molecule has 0 amide bonds. The summed E-state index contributed by atoms with van der Waals surface area (Å²) in [7, 11) is 0. The molecular formula is C54H39N3. The van der Waals surface area contributed by atoms with Crippen molar-refractivity contribution in [3.05, 3.63) is 229 Å². The molecule has 0 bridgehead atoms. The zero-order valence-electron chi connectivity index (χ0n) is 31.5. The molecule has 0 aliphatic carbocycles. The molecule has 1 heterocycles. The second kappa shape index (κ2) is 16.1. The highest BCUT2D eigenvalue weighted by Crippen LogP contribution is 2.37. The van der Waals surface area contributed by atoms with Crippen LogP contribution in [0.5, 0.6) is 0 Å². The number of rotatable bonds is 10. The molecule has 3 nitrogen and oxygen atoms in total. The van der Waals surface area contributed by atoms with Crippen molar-refractivity contribution in [2.24, 2.45) is 9.98 Å². The first kappa shape index (κ1) is 35.2. The van der Waals surface area contributed by atoms with Gasteiger partial charge in [-0.2, -0.15) is 0 Å². The van der Waals surface area contributed by atoms with Gasteiger partial charge in [0.15, 0.2) is 0 Å². The van der Waals surface area contributed by atoms with E-state index < -0.39 is 0 Å². The minimum Gasteiger partial charge on any atom is -0.280 e. The van der Waals surface area contributed by atoms with Gasteiger partial charge in [0, 0.05) is 16.5 Å². The SMILES string of the molecule is C=N/C(=C\C(=NCc1cccc(-c2cc(-c3ccccc3)c3c(ccc4ccccc43)n2)c1)c1ccc(-c2ccccc2)cc1)c1ccc(-c2ccccc2)cc1. The Morgan fingerprint density at radius 2 is 1.05 bits per heavy atom. The molecule has 57 heavy (non-hydrogen) atoms. The molecular weight excluding hydrogens is 691 g/mol. The third kappa shape index (κ3) is 7.60. The first-order valence-corrected chi connectivity index (χ1v) is 19.2. The molecule has 1 aromatic heterocycles. The largest absolute Gasteiger partial charge is 0.280 e. The molecule has 0 atom stereocenters. The van der Waals surface area contributed by atoms with Gasteiger partial charge in [-0.3, -0.25) is 9.98 Å². The predicted octanol–water partition coefficient (Wildman–Crippen LogP) is 13.8. The highest BCUT2D eigenvalue weighted by molar-refractivity contribution is 6.14. The van der Waals surface area contributed by atoms with Gasteiger partial charge >= 0.3 is 0 Å². The molecule has 0 saturated carbocycles. The van der Waals surface area contributed by atoms with Crippen molar-refractivity contribution in [2.45, 2.75) is 6.54 Å². The highest BCUT2D eigenvalue weighted by Gasteiger charge is 2.14. The fourth-order valence-corrected chi connectivity index (χ4v) is 7.50. The summed E-state index contributed by atoms with van der Waals surface area (Å²) in [6, 6.07) is 72.2. The summed E-state index contributed by atoms with van der Waals surface area (Å²) in [5.41, 5.74) is 14.6. The lowest BCUT2D eigenvalue weighted by Gasteiger charge is -2.13. The molecule has 0 unspecified atom stereocenters. The first-order valence-electron chi connectivity index (χ1n) is 19.2. The number of benzene rings is 8. The topological polar surface area (TPSA) is 37.6 Å². The first-order chi connectivity index (χ1) is 28.2. The lowest BCUT2D eigenvalue weighted by molar-refractivity contribution is 1.07. The van der Waals surface area contributed by atoms with Crippen molar-refractivity contribution in [3.8, 4) is 44.6 Å². The van der Waals surface area contributed by atoms with Gasteiger partial charge in [0.25, 0.3) is 0 Å². The summed E-state index contributed by atoms with van der Waals surface area (Å²) < 4.78 is 0. The van der Waals surface area contributed by atoms with E-state index in [-0.39, 0.29) is 0 Å². The fourth-order valence-electron chi connectivity index (χ4n) is 7.50. The molecule has 0 saturated heterocycles. The summed E-state index contributed by atoms with van der Waals surface area (Å²) in [5.74, 6) is 0. The molecule has 0 radical (unpaired) electrons. The van der Waals surface area contributed by atoms with Gasteiger partial charge in [-0.1, -0.05) is 188 Å². The maximum absolute atomic E-state index is 5.26. The van der Waals surface area contributed by atoms with Crippen molar-refractivity contribution in [2.75, 3.05) is 0 Å². The Kier molecular flexibility index (Phi) is 9.94. The van der Waals surface area contributed by atoms with Gasteiger partial charge in [-0.15, -0.1) is 0 Å². The van der Waals surface area contributed by atoms with Crippen LogP contribution in [-0.2, 0) is 6.54 Å².